The zero-order chi connectivity index (χ0) is 12.1. The summed E-state index contributed by atoms with van der Waals surface area (Å²) >= 11 is 0. The van der Waals surface area contributed by atoms with Crippen molar-refractivity contribution >= 4 is 5.69 Å². The third-order valence-corrected chi connectivity index (χ3v) is 4.17. The van der Waals surface area contributed by atoms with Crippen LogP contribution in [0.1, 0.15) is 22.6 Å². The van der Waals surface area contributed by atoms with Crippen LogP contribution in [0.5, 0.6) is 5.75 Å². The van der Waals surface area contributed by atoms with E-state index in [0.29, 0.717) is 12.0 Å². The first kappa shape index (κ1) is 10.0. The second-order valence-electron chi connectivity index (χ2n) is 5.08. The Bertz CT molecular complexity index is 620. The molecule has 0 radical (unpaired) electrons. The summed E-state index contributed by atoms with van der Waals surface area (Å²) in [5, 5.41) is 3.64. The fourth-order valence-corrected chi connectivity index (χ4v) is 3.36. The van der Waals surface area contributed by atoms with Gasteiger partial charge in [-0.15, -0.1) is 0 Å². The number of para-hydroxylation sites is 1. The molecule has 0 fully saturated rings. The van der Waals surface area contributed by atoms with Crippen molar-refractivity contribution in [1.82, 2.24) is 0 Å². The van der Waals surface area contributed by atoms with Crippen LogP contribution in [-0.2, 0) is 6.42 Å². The van der Waals surface area contributed by atoms with E-state index in [0.717, 1.165) is 12.2 Å². The molecule has 1 aliphatic carbocycles. The monoisotopic (exact) mass is 237 g/mol. The molecular formula is C16H15NO. The highest BCUT2D eigenvalue weighted by Gasteiger charge is 2.39. The van der Waals surface area contributed by atoms with E-state index in [1.165, 1.54) is 22.4 Å². The molecule has 90 valence electrons. The first-order chi connectivity index (χ1) is 8.86. The number of ether oxygens (including phenoxy) is 1. The highest BCUT2D eigenvalue weighted by molar-refractivity contribution is 5.66. The minimum Gasteiger partial charge on any atom is -0.497 e. The van der Waals surface area contributed by atoms with Gasteiger partial charge in [-0.2, -0.15) is 0 Å². The minimum absolute atomic E-state index is 0.492. The van der Waals surface area contributed by atoms with Gasteiger partial charge in [-0.05, 0) is 41.3 Å². The van der Waals surface area contributed by atoms with E-state index in [4.69, 9.17) is 4.74 Å². The Labute approximate surface area is 107 Å². The smallest absolute Gasteiger partial charge is 0.119 e. The Balaban J connectivity index is 1.88. The summed E-state index contributed by atoms with van der Waals surface area (Å²) in [5.74, 6) is 1.45. The lowest BCUT2D eigenvalue weighted by Crippen LogP contribution is -2.16. The maximum absolute atomic E-state index is 5.36. The van der Waals surface area contributed by atoms with E-state index >= 15 is 0 Å². The summed E-state index contributed by atoms with van der Waals surface area (Å²) < 4.78 is 5.36. The van der Waals surface area contributed by atoms with Gasteiger partial charge in [0.15, 0.2) is 0 Å². The van der Waals surface area contributed by atoms with E-state index in [1.54, 1.807) is 7.11 Å². The standard InChI is InChI=1S/C16H15NO/c1-18-11-7-6-10-8-15-16(13(10)9-11)12-4-2-3-5-14(12)17-15/h2-7,9,15-17H,8H2,1H3/t15-,16+/m0/s1. The Hall–Kier alpha value is -1.96. The van der Waals surface area contributed by atoms with Crippen LogP contribution in [0.3, 0.4) is 0 Å². The fraction of sp³-hybridized carbons (Fsp3) is 0.250. The molecule has 0 saturated heterocycles. The molecule has 0 spiro atoms. The van der Waals surface area contributed by atoms with Crippen molar-refractivity contribution in [2.24, 2.45) is 0 Å². The number of nitrogens with one attached hydrogen (secondary N) is 1. The van der Waals surface area contributed by atoms with Gasteiger partial charge in [0.25, 0.3) is 0 Å². The lowest BCUT2D eigenvalue weighted by Gasteiger charge is -2.11. The molecule has 2 nitrogen and oxygen atoms in total. The third kappa shape index (κ3) is 1.23. The molecule has 0 aromatic heterocycles. The molecular weight excluding hydrogens is 222 g/mol. The molecule has 4 rings (SSSR count). The third-order valence-electron chi connectivity index (χ3n) is 4.17. The Kier molecular flexibility index (Phi) is 1.95. The lowest BCUT2D eigenvalue weighted by atomic mass is 9.93. The second-order valence-corrected chi connectivity index (χ2v) is 5.08. The van der Waals surface area contributed by atoms with Gasteiger partial charge >= 0.3 is 0 Å². The van der Waals surface area contributed by atoms with E-state index in [-0.39, 0.29) is 0 Å². The van der Waals surface area contributed by atoms with Crippen LogP contribution >= 0.6 is 0 Å². The summed E-state index contributed by atoms with van der Waals surface area (Å²) in [4.78, 5) is 0. The summed E-state index contributed by atoms with van der Waals surface area (Å²) in [7, 11) is 1.73. The molecule has 2 aromatic carbocycles. The summed E-state index contributed by atoms with van der Waals surface area (Å²) in [5.41, 5.74) is 5.60. The molecule has 1 heterocycles. The van der Waals surface area contributed by atoms with E-state index in [9.17, 15) is 0 Å². The Morgan fingerprint density at radius 3 is 2.89 bits per heavy atom. The van der Waals surface area contributed by atoms with Crippen LogP contribution < -0.4 is 10.1 Å². The zero-order valence-corrected chi connectivity index (χ0v) is 10.3. The van der Waals surface area contributed by atoms with Gasteiger partial charge in [0.2, 0.25) is 0 Å². The molecule has 2 aliphatic rings. The molecule has 0 unspecified atom stereocenters. The predicted octanol–water partition coefficient (Wildman–Crippen LogP) is 3.18. The highest BCUT2D eigenvalue weighted by atomic mass is 16.5. The Morgan fingerprint density at radius 2 is 2.00 bits per heavy atom. The molecule has 0 bridgehead atoms. The molecule has 2 atom stereocenters. The normalized spacial score (nSPS) is 22.9. The van der Waals surface area contributed by atoms with Crippen molar-refractivity contribution in [2.45, 2.75) is 18.4 Å². The average molecular weight is 237 g/mol. The number of rotatable bonds is 1. The van der Waals surface area contributed by atoms with Crippen LogP contribution in [-0.4, -0.2) is 13.2 Å². The van der Waals surface area contributed by atoms with E-state index in [2.05, 4.69) is 47.8 Å². The van der Waals surface area contributed by atoms with Crippen LogP contribution in [0.2, 0.25) is 0 Å². The summed E-state index contributed by atoms with van der Waals surface area (Å²) in [6.07, 6.45) is 1.11. The van der Waals surface area contributed by atoms with Crippen LogP contribution in [0.4, 0.5) is 5.69 Å². The van der Waals surface area contributed by atoms with Crippen molar-refractivity contribution in [3.05, 3.63) is 59.2 Å². The number of anilines is 1. The maximum atomic E-state index is 5.36. The molecule has 18 heavy (non-hydrogen) atoms. The van der Waals surface area contributed by atoms with Crippen LogP contribution in [0, 0.1) is 0 Å². The topological polar surface area (TPSA) is 21.3 Å². The van der Waals surface area contributed by atoms with Gasteiger partial charge < -0.3 is 10.1 Å². The molecule has 0 saturated carbocycles. The van der Waals surface area contributed by atoms with Crippen molar-refractivity contribution in [3.63, 3.8) is 0 Å². The van der Waals surface area contributed by atoms with Gasteiger partial charge in [0.05, 0.1) is 7.11 Å². The number of hydrogen-bond donors (Lipinski definition) is 1. The maximum Gasteiger partial charge on any atom is 0.119 e. The van der Waals surface area contributed by atoms with Crippen molar-refractivity contribution in [1.29, 1.82) is 0 Å². The first-order valence-corrected chi connectivity index (χ1v) is 6.39. The molecule has 0 amide bonds. The van der Waals surface area contributed by atoms with Gasteiger partial charge in [-0.1, -0.05) is 24.3 Å². The van der Waals surface area contributed by atoms with Crippen molar-refractivity contribution in [2.75, 3.05) is 12.4 Å². The van der Waals surface area contributed by atoms with Gasteiger partial charge in [0, 0.05) is 17.6 Å². The molecule has 1 N–H and O–H groups in total. The van der Waals surface area contributed by atoms with Crippen LogP contribution in [0.25, 0.3) is 0 Å². The zero-order valence-electron chi connectivity index (χ0n) is 10.3. The number of fused-ring (bicyclic) bond motifs is 5. The number of hydrogen-bond acceptors (Lipinski definition) is 2. The summed E-state index contributed by atoms with van der Waals surface area (Å²) in [6.45, 7) is 0. The molecule has 2 aromatic rings. The number of methoxy groups -OCH3 is 1. The average Bonchev–Trinajstić information content (AvgIpc) is 2.93. The molecule has 1 aliphatic heterocycles. The lowest BCUT2D eigenvalue weighted by molar-refractivity contribution is 0.414. The molecule has 2 heteroatoms. The first-order valence-electron chi connectivity index (χ1n) is 6.39. The fourth-order valence-electron chi connectivity index (χ4n) is 3.36. The largest absolute Gasteiger partial charge is 0.497 e. The van der Waals surface area contributed by atoms with Crippen molar-refractivity contribution in [3.8, 4) is 5.75 Å². The van der Waals surface area contributed by atoms with Gasteiger partial charge in [-0.25, -0.2) is 0 Å². The minimum atomic E-state index is 0.492. The summed E-state index contributed by atoms with van der Waals surface area (Å²) in [6, 6.07) is 15.6. The van der Waals surface area contributed by atoms with Crippen LogP contribution in [0.15, 0.2) is 42.5 Å². The second kappa shape index (κ2) is 3.52. The predicted molar refractivity (Wildman–Crippen MR) is 72.4 cm³/mol. The highest BCUT2D eigenvalue weighted by Crippen LogP contribution is 2.47. The SMILES string of the molecule is COc1ccc2c(c1)[C@H]1c3ccccc3N[C@H]1C2. The van der Waals surface area contributed by atoms with Gasteiger partial charge in [-0.3, -0.25) is 0 Å². The van der Waals surface area contributed by atoms with E-state index < -0.39 is 0 Å². The van der Waals surface area contributed by atoms with E-state index in [1.807, 2.05) is 0 Å². The Morgan fingerprint density at radius 1 is 1.11 bits per heavy atom. The van der Waals surface area contributed by atoms with Crippen molar-refractivity contribution < 1.29 is 4.74 Å². The quantitative estimate of drug-likeness (QED) is 0.822. The van der Waals surface area contributed by atoms with Gasteiger partial charge in [0.1, 0.15) is 5.75 Å². The number of benzene rings is 2.